The Balaban J connectivity index is 0.00000529. The summed E-state index contributed by atoms with van der Waals surface area (Å²) in [4.78, 5) is 16.0. The van der Waals surface area contributed by atoms with Crippen molar-refractivity contribution < 1.29 is 13.9 Å². The van der Waals surface area contributed by atoms with Crippen LogP contribution in [0.4, 0.5) is 0 Å². The number of amides is 1. The van der Waals surface area contributed by atoms with Crippen molar-refractivity contribution in [2.75, 3.05) is 33.8 Å². The van der Waals surface area contributed by atoms with E-state index in [-0.39, 0.29) is 35.5 Å². The lowest BCUT2D eigenvalue weighted by Crippen LogP contribution is -2.45. The molecule has 1 aromatic heterocycles. The molecule has 7 nitrogen and oxygen atoms in total. The van der Waals surface area contributed by atoms with Gasteiger partial charge in [0.25, 0.3) is 5.91 Å². The Morgan fingerprint density at radius 3 is 2.50 bits per heavy atom. The summed E-state index contributed by atoms with van der Waals surface area (Å²) in [5.41, 5.74) is 0.581. The van der Waals surface area contributed by atoms with Gasteiger partial charge in [0.2, 0.25) is 0 Å². The van der Waals surface area contributed by atoms with Crippen molar-refractivity contribution in [2.24, 2.45) is 4.99 Å². The first-order valence-corrected chi connectivity index (χ1v) is 7.71. The van der Waals surface area contributed by atoms with Crippen molar-refractivity contribution in [1.29, 1.82) is 0 Å². The molecule has 0 aliphatic rings. The Morgan fingerprint density at radius 2 is 1.96 bits per heavy atom. The summed E-state index contributed by atoms with van der Waals surface area (Å²) in [6.07, 6.45) is 2.29. The topological polar surface area (TPSA) is 87.9 Å². The molecule has 0 aliphatic heterocycles. The van der Waals surface area contributed by atoms with Gasteiger partial charge in [0.15, 0.2) is 11.7 Å². The van der Waals surface area contributed by atoms with Crippen molar-refractivity contribution in [3.63, 3.8) is 0 Å². The average Bonchev–Trinajstić information content (AvgIpc) is 2.96. The summed E-state index contributed by atoms with van der Waals surface area (Å²) in [7, 11) is 3.40. The molecule has 3 N–H and O–H groups in total. The quantitative estimate of drug-likeness (QED) is 0.243. The van der Waals surface area contributed by atoms with E-state index in [1.807, 2.05) is 20.8 Å². The van der Waals surface area contributed by atoms with Gasteiger partial charge in [0.05, 0.1) is 11.9 Å². The van der Waals surface area contributed by atoms with Crippen LogP contribution in [0.15, 0.2) is 21.7 Å². The van der Waals surface area contributed by atoms with Crippen LogP contribution >= 0.6 is 24.0 Å². The zero-order valence-corrected chi connectivity index (χ0v) is 17.4. The highest BCUT2D eigenvalue weighted by atomic mass is 127. The van der Waals surface area contributed by atoms with Crippen molar-refractivity contribution in [1.82, 2.24) is 16.0 Å². The number of nitrogens with zero attached hydrogens (tertiary/aromatic N) is 1. The molecule has 0 fully saturated rings. The Labute approximate surface area is 161 Å². The lowest BCUT2D eigenvalue weighted by Gasteiger charge is -2.24. The van der Waals surface area contributed by atoms with E-state index in [0.717, 1.165) is 12.0 Å². The average molecular weight is 452 g/mol. The van der Waals surface area contributed by atoms with Crippen molar-refractivity contribution in [3.05, 3.63) is 23.7 Å². The van der Waals surface area contributed by atoms with E-state index < -0.39 is 0 Å². The number of aliphatic imine (C=N–C) groups is 1. The number of hydrogen-bond donors (Lipinski definition) is 3. The fourth-order valence-corrected chi connectivity index (χ4v) is 1.77. The number of guanidine groups is 1. The molecular weight excluding hydrogens is 423 g/mol. The van der Waals surface area contributed by atoms with Gasteiger partial charge in [-0.2, -0.15) is 0 Å². The molecule has 1 rings (SSSR count). The smallest absolute Gasteiger partial charge is 0.287 e. The van der Waals surface area contributed by atoms with Gasteiger partial charge in [-0.05, 0) is 33.3 Å². The number of hydrogen-bond acceptors (Lipinski definition) is 4. The van der Waals surface area contributed by atoms with E-state index in [0.29, 0.717) is 31.4 Å². The summed E-state index contributed by atoms with van der Waals surface area (Å²) in [5, 5.41) is 9.23. The zero-order valence-electron chi connectivity index (χ0n) is 15.1. The van der Waals surface area contributed by atoms with Gasteiger partial charge in [-0.25, -0.2) is 0 Å². The first-order valence-electron chi connectivity index (χ1n) is 7.71. The van der Waals surface area contributed by atoms with E-state index in [1.54, 1.807) is 20.2 Å². The molecule has 0 radical (unpaired) electrons. The van der Waals surface area contributed by atoms with Gasteiger partial charge < -0.3 is 25.1 Å². The van der Waals surface area contributed by atoms with E-state index in [9.17, 15) is 4.79 Å². The second-order valence-electron chi connectivity index (χ2n) is 5.86. The van der Waals surface area contributed by atoms with E-state index >= 15 is 0 Å². The Hall–Kier alpha value is -1.29. The van der Waals surface area contributed by atoms with Gasteiger partial charge >= 0.3 is 0 Å². The Bertz CT molecular complexity index is 529. The number of furan rings is 1. The van der Waals surface area contributed by atoms with Crippen LogP contribution in [0.1, 0.15) is 36.4 Å². The number of carbonyl (C=O) groups is 1. The number of ether oxygens (including phenoxy) is 1. The largest absolute Gasteiger partial charge is 0.459 e. The molecule has 0 saturated carbocycles. The molecule has 0 bridgehead atoms. The van der Waals surface area contributed by atoms with Crippen LogP contribution in [0.25, 0.3) is 0 Å². The van der Waals surface area contributed by atoms with Gasteiger partial charge in [0, 0.05) is 39.4 Å². The third-order valence-corrected chi connectivity index (χ3v) is 3.46. The highest BCUT2D eigenvalue weighted by Crippen LogP contribution is 2.07. The summed E-state index contributed by atoms with van der Waals surface area (Å²) in [6, 6.07) is 1.77. The third-order valence-electron chi connectivity index (χ3n) is 3.46. The van der Waals surface area contributed by atoms with Crippen molar-refractivity contribution in [3.8, 4) is 0 Å². The standard InChI is InChI=1S/C16H28N4O3.HI/c1-12-7-10-23-13(12)14(21)18-8-6-9-19-15(17-4)20-11-16(2,3)22-5;/h7,10H,6,8-9,11H2,1-5H3,(H,18,21)(H2,17,19,20);1H. The summed E-state index contributed by atoms with van der Waals surface area (Å²) >= 11 is 0. The Morgan fingerprint density at radius 1 is 1.29 bits per heavy atom. The molecular formula is C16H29IN4O3. The summed E-state index contributed by atoms with van der Waals surface area (Å²) in [6.45, 7) is 7.75. The van der Waals surface area contributed by atoms with Gasteiger partial charge in [-0.3, -0.25) is 9.79 Å². The van der Waals surface area contributed by atoms with Crippen LogP contribution in [0.3, 0.4) is 0 Å². The lowest BCUT2D eigenvalue weighted by atomic mass is 10.1. The van der Waals surface area contributed by atoms with Crippen LogP contribution in [0.2, 0.25) is 0 Å². The third kappa shape index (κ3) is 8.00. The molecule has 0 aromatic carbocycles. The van der Waals surface area contributed by atoms with Crippen LogP contribution in [-0.4, -0.2) is 51.3 Å². The number of nitrogens with one attached hydrogen (secondary N) is 3. The molecule has 1 heterocycles. The van der Waals surface area contributed by atoms with Crippen molar-refractivity contribution in [2.45, 2.75) is 32.8 Å². The van der Waals surface area contributed by atoms with Gasteiger partial charge in [0.1, 0.15) is 0 Å². The molecule has 8 heteroatoms. The minimum absolute atomic E-state index is 0. The molecule has 138 valence electrons. The number of aryl methyl sites for hydroxylation is 1. The SMILES string of the molecule is CN=C(NCCCNC(=O)c1occc1C)NCC(C)(C)OC.I. The molecule has 1 amide bonds. The Kier molecular flexibility index (Phi) is 10.7. The number of methoxy groups -OCH3 is 1. The maximum atomic E-state index is 11.9. The maximum Gasteiger partial charge on any atom is 0.287 e. The number of rotatable bonds is 8. The predicted octanol–water partition coefficient (Wildman–Crippen LogP) is 1.92. The molecule has 0 unspecified atom stereocenters. The first kappa shape index (κ1) is 22.7. The first-order chi connectivity index (χ1) is 10.9. The fourth-order valence-electron chi connectivity index (χ4n) is 1.77. The molecule has 0 spiro atoms. The van der Waals surface area contributed by atoms with E-state index in [1.165, 1.54) is 6.26 Å². The van der Waals surface area contributed by atoms with Crippen LogP contribution < -0.4 is 16.0 Å². The van der Waals surface area contributed by atoms with Crippen LogP contribution in [0, 0.1) is 6.92 Å². The predicted molar refractivity (Wildman–Crippen MR) is 106 cm³/mol. The normalized spacial score (nSPS) is 11.6. The van der Waals surface area contributed by atoms with Crippen LogP contribution in [0.5, 0.6) is 0 Å². The van der Waals surface area contributed by atoms with E-state index in [2.05, 4.69) is 20.9 Å². The molecule has 24 heavy (non-hydrogen) atoms. The fraction of sp³-hybridized carbons (Fsp3) is 0.625. The monoisotopic (exact) mass is 452 g/mol. The highest BCUT2D eigenvalue weighted by Gasteiger charge is 2.16. The highest BCUT2D eigenvalue weighted by molar-refractivity contribution is 14.0. The summed E-state index contributed by atoms with van der Waals surface area (Å²) < 4.78 is 10.5. The minimum Gasteiger partial charge on any atom is -0.459 e. The lowest BCUT2D eigenvalue weighted by molar-refractivity contribution is 0.0268. The summed E-state index contributed by atoms with van der Waals surface area (Å²) in [5.74, 6) is 0.900. The molecule has 0 atom stereocenters. The second-order valence-corrected chi connectivity index (χ2v) is 5.86. The second kappa shape index (κ2) is 11.3. The maximum absolute atomic E-state index is 11.9. The van der Waals surface area contributed by atoms with E-state index in [4.69, 9.17) is 9.15 Å². The number of halogens is 1. The molecule has 0 aliphatic carbocycles. The molecule has 0 saturated heterocycles. The van der Waals surface area contributed by atoms with Gasteiger partial charge in [-0.1, -0.05) is 0 Å². The number of carbonyl (C=O) groups excluding carboxylic acids is 1. The van der Waals surface area contributed by atoms with Gasteiger partial charge in [-0.15, -0.1) is 24.0 Å². The van der Waals surface area contributed by atoms with Crippen LogP contribution in [-0.2, 0) is 4.74 Å². The minimum atomic E-state index is -0.257. The van der Waals surface area contributed by atoms with Crippen molar-refractivity contribution >= 4 is 35.8 Å². The zero-order chi connectivity index (χ0) is 17.3. The molecule has 1 aromatic rings.